The van der Waals surface area contributed by atoms with Crippen LogP contribution in [0.2, 0.25) is 0 Å². The van der Waals surface area contributed by atoms with Gasteiger partial charge in [-0.05, 0) is 59.5 Å². The Hall–Kier alpha value is -2.74. The van der Waals surface area contributed by atoms with Crippen LogP contribution in [0.15, 0.2) is 47.6 Å². The summed E-state index contributed by atoms with van der Waals surface area (Å²) in [6.45, 7) is 1.65. The zero-order valence-corrected chi connectivity index (χ0v) is 13.8. The van der Waals surface area contributed by atoms with E-state index in [9.17, 15) is 9.18 Å². The van der Waals surface area contributed by atoms with Gasteiger partial charge in [0.15, 0.2) is 0 Å². The quantitative estimate of drug-likeness (QED) is 0.737. The fourth-order valence-electron chi connectivity index (χ4n) is 2.12. The van der Waals surface area contributed by atoms with Gasteiger partial charge in [-0.1, -0.05) is 23.9 Å². The van der Waals surface area contributed by atoms with Crippen LogP contribution in [0.3, 0.4) is 0 Å². The molecule has 0 aliphatic heterocycles. The number of halogens is 1. The maximum absolute atomic E-state index is 13.6. The lowest BCUT2D eigenvalue weighted by molar-refractivity contribution is 0.102. The number of carbonyl (C=O) groups is 1. The molecule has 0 radical (unpaired) electrons. The number of aromatic nitrogens is 4. The Kier molecular flexibility index (Phi) is 4.57. The van der Waals surface area contributed by atoms with Gasteiger partial charge in [0.25, 0.3) is 5.91 Å². The van der Waals surface area contributed by atoms with Crippen LogP contribution in [0.4, 0.5) is 10.1 Å². The molecule has 24 heavy (non-hydrogen) atoms. The summed E-state index contributed by atoms with van der Waals surface area (Å²) in [7, 11) is 0. The number of hydrogen-bond donors (Lipinski definition) is 1. The molecule has 0 unspecified atom stereocenters. The first-order chi connectivity index (χ1) is 11.6. The second-order valence-electron chi connectivity index (χ2n) is 5.05. The standard InChI is InChI=1S/C16H14FN5OS/c1-10-6-7-11(8-14(10)17)15(23)18-12-4-3-5-13(9-12)22-16(24-2)19-20-21-22/h3-9H,1-2H3,(H,18,23). The largest absolute Gasteiger partial charge is 0.322 e. The van der Waals surface area contributed by atoms with Gasteiger partial charge in [0.1, 0.15) is 5.82 Å². The Bertz CT molecular complexity index is 896. The first-order valence-electron chi connectivity index (χ1n) is 7.09. The number of nitrogens with zero attached hydrogens (tertiary/aromatic N) is 4. The third-order valence-corrected chi connectivity index (χ3v) is 4.03. The fraction of sp³-hybridized carbons (Fsp3) is 0.125. The van der Waals surface area contributed by atoms with E-state index in [-0.39, 0.29) is 11.5 Å². The molecule has 0 bridgehead atoms. The van der Waals surface area contributed by atoms with Gasteiger partial charge in [-0.25, -0.2) is 4.39 Å². The van der Waals surface area contributed by atoms with Crippen LogP contribution in [0.1, 0.15) is 15.9 Å². The molecule has 122 valence electrons. The molecule has 3 rings (SSSR count). The van der Waals surface area contributed by atoms with Crippen molar-refractivity contribution in [2.75, 3.05) is 11.6 Å². The predicted molar refractivity (Wildman–Crippen MR) is 90.0 cm³/mol. The van der Waals surface area contributed by atoms with E-state index >= 15 is 0 Å². The number of thioether (sulfide) groups is 1. The topological polar surface area (TPSA) is 72.7 Å². The summed E-state index contributed by atoms with van der Waals surface area (Å²) < 4.78 is 15.2. The van der Waals surface area contributed by atoms with Gasteiger partial charge < -0.3 is 5.32 Å². The smallest absolute Gasteiger partial charge is 0.255 e. The monoisotopic (exact) mass is 343 g/mol. The van der Waals surface area contributed by atoms with Crippen LogP contribution in [0.5, 0.6) is 0 Å². The van der Waals surface area contributed by atoms with Crippen LogP contribution < -0.4 is 5.32 Å². The third-order valence-electron chi connectivity index (χ3n) is 3.41. The molecule has 0 atom stereocenters. The van der Waals surface area contributed by atoms with Crippen molar-refractivity contribution >= 4 is 23.4 Å². The first kappa shape index (κ1) is 16.1. The molecule has 1 aromatic heterocycles. The normalized spacial score (nSPS) is 10.6. The van der Waals surface area contributed by atoms with E-state index in [2.05, 4.69) is 20.8 Å². The highest BCUT2D eigenvalue weighted by Gasteiger charge is 2.11. The van der Waals surface area contributed by atoms with Gasteiger partial charge in [0.2, 0.25) is 5.16 Å². The Balaban J connectivity index is 1.84. The molecule has 0 saturated carbocycles. The van der Waals surface area contributed by atoms with Crippen LogP contribution in [-0.2, 0) is 0 Å². The average molecular weight is 343 g/mol. The van der Waals surface area contributed by atoms with Crippen molar-refractivity contribution in [3.05, 3.63) is 59.4 Å². The minimum atomic E-state index is -0.408. The second kappa shape index (κ2) is 6.79. The lowest BCUT2D eigenvalue weighted by atomic mass is 10.1. The van der Waals surface area contributed by atoms with E-state index in [1.165, 1.54) is 17.8 Å². The van der Waals surface area contributed by atoms with E-state index in [1.54, 1.807) is 41.9 Å². The van der Waals surface area contributed by atoms with Gasteiger partial charge in [0.05, 0.1) is 5.69 Å². The van der Waals surface area contributed by atoms with Crippen LogP contribution >= 0.6 is 11.8 Å². The van der Waals surface area contributed by atoms with E-state index in [1.807, 2.05) is 12.3 Å². The van der Waals surface area contributed by atoms with E-state index in [0.29, 0.717) is 16.4 Å². The van der Waals surface area contributed by atoms with Crippen molar-refractivity contribution in [3.8, 4) is 5.69 Å². The van der Waals surface area contributed by atoms with E-state index in [4.69, 9.17) is 0 Å². The molecule has 0 spiro atoms. The third kappa shape index (κ3) is 3.28. The number of hydrogen-bond acceptors (Lipinski definition) is 5. The Morgan fingerprint density at radius 3 is 2.83 bits per heavy atom. The van der Waals surface area contributed by atoms with Crippen molar-refractivity contribution in [2.45, 2.75) is 12.1 Å². The van der Waals surface area contributed by atoms with Gasteiger partial charge in [-0.15, -0.1) is 5.10 Å². The molecule has 0 aliphatic carbocycles. The van der Waals surface area contributed by atoms with Gasteiger partial charge in [-0.3, -0.25) is 4.79 Å². The summed E-state index contributed by atoms with van der Waals surface area (Å²) in [5.41, 5.74) is 2.05. The first-order valence-corrected chi connectivity index (χ1v) is 8.31. The summed E-state index contributed by atoms with van der Waals surface area (Å²) in [6, 6.07) is 11.5. The maximum atomic E-state index is 13.6. The lowest BCUT2D eigenvalue weighted by Crippen LogP contribution is -2.12. The van der Waals surface area contributed by atoms with Crippen LogP contribution in [0, 0.1) is 12.7 Å². The highest BCUT2D eigenvalue weighted by molar-refractivity contribution is 7.98. The zero-order valence-electron chi connectivity index (χ0n) is 13.0. The molecule has 0 fully saturated rings. The number of nitrogens with one attached hydrogen (secondary N) is 1. The van der Waals surface area contributed by atoms with Crippen molar-refractivity contribution in [1.82, 2.24) is 20.2 Å². The lowest BCUT2D eigenvalue weighted by Gasteiger charge is -2.08. The molecule has 2 aromatic carbocycles. The second-order valence-corrected chi connectivity index (χ2v) is 5.82. The molecule has 0 saturated heterocycles. The number of amides is 1. The molecule has 1 amide bonds. The minimum Gasteiger partial charge on any atom is -0.322 e. The van der Waals surface area contributed by atoms with E-state index < -0.39 is 5.82 Å². The van der Waals surface area contributed by atoms with Gasteiger partial charge >= 0.3 is 0 Å². The number of aryl methyl sites for hydroxylation is 1. The average Bonchev–Trinajstić information content (AvgIpc) is 3.06. The maximum Gasteiger partial charge on any atom is 0.255 e. The SMILES string of the molecule is CSc1nnnn1-c1cccc(NC(=O)c2ccc(C)c(F)c2)c1. The van der Waals surface area contributed by atoms with Crippen molar-refractivity contribution in [3.63, 3.8) is 0 Å². The number of rotatable bonds is 4. The molecular formula is C16H14FN5OS. The van der Waals surface area contributed by atoms with Crippen molar-refractivity contribution < 1.29 is 9.18 Å². The Morgan fingerprint density at radius 2 is 2.08 bits per heavy atom. The number of carbonyl (C=O) groups excluding carboxylic acids is 1. The highest BCUT2D eigenvalue weighted by atomic mass is 32.2. The predicted octanol–water partition coefficient (Wildman–Crippen LogP) is 3.08. The van der Waals surface area contributed by atoms with Crippen LogP contribution in [-0.4, -0.2) is 32.4 Å². The Labute approximate surface area is 142 Å². The summed E-state index contributed by atoms with van der Waals surface area (Å²) in [6.07, 6.45) is 1.87. The summed E-state index contributed by atoms with van der Waals surface area (Å²) in [5.74, 6) is -0.789. The highest BCUT2D eigenvalue weighted by Crippen LogP contribution is 2.19. The van der Waals surface area contributed by atoms with Crippen molar-refractivity contribution in [1.29, 1.82) is 0 Å². The molecule has 6 nitrogen and oxygen atoms in total. The van der Waals surface area contributed by atoms with Crippen LogP contribution in [0.25, 0.3) is 5.69 Å². The summed E-state index contributed by atoms with van der Waals surface area (Å²) in [4.78, 5) is 12.3. The number of tetrazole rings is 1. The number of benzene rings is 2. The molecule has 1 N–H and O–H groups in total. The fourth-order valence-corrected chi connectivity index (χ4v) is 2.55. The molecule has 8 heteroatoms. The van der Waals surface area contributed by atoms with Gasteiger partial charge in [0, 0.05) is 11.3 Å². The molecule has 3 aromatic rings. The number of anilines is 1. The summed E-state index contributed by atoms with van der Waals surface area (Å²) in [5, 5.41) is 14.9. The van der Waals surface area contributed by atoms with E-state index in [0.717, 1.165) is 5.69 Å². The van der Waals surface area contributed by atoms with Gasteiger partial charge in [-0.2, -0.15) is 4.68 Å². The Morgan fingerprint density at radius 1 is 1.25 bits per heavy atom. The summed E-state index contributed by atoms with van der Waals surface area (Å²) >= 11 is 1.41. The molecule has 1 heterocycles. The minimum absolute atomic E-state index is 0.260. The molecular weight excluding hydrogens is 329 g/mol. The zero-order chi connectivity index (χ0) is 17.1. The van der Waals surface area contributed by atoms with Crippen molar-refractivity contribution in [2.24, 2.45) is 0 Å². The molecule has 0 aliphatic rings.